The highest BCUT2D eigenvalue weighted by Crippen LogP contribution is 2.38. The van der Waals surface area contributed by atoms with E-state index in [4.69, 9.17) is 14.2 Å². The topological polar surface area (TPSA) is 60.0 Å². The summed E-state index contributed by atoms with van der Waals surface area (Å²) in [6.45, 7) is 7.38. The first kappa shape index (κ1) is 22.1. The van der Waals surface area contributed by atoms with E-state index in [1.54, 1.807) is 39.5 Å². The molecule has 2 aromatic carbocycles. The van der Waals surface area contributed by atoms with Crippen LogP contribution in [0.15, 0.2) is 42.5 Å². The molecule has 6 heteroatoms. The van der Waals surface area contributed by atoms with Crippen molar-refractivity contribution in [1.29, 1.82) is 0 Å². The van der Waals surface area contributed by atoms with Crippen LogP contribution in [0.1, 0.15) is 26.3 Å². The standard InChI is InChI=1S/C23H30N2O4/c1-7-25(16(2)3)19-11-9-18(10-12-19)24-22(26)13-8-17-14-20(27-4)23(29-6)21(15-17)28-5/h8-16H,7H2,1-6H3,(H,24,26). The Morgan fingerprint density at radius 1 is 1.03 bits per heavy atom. The Bertz CT molecular complexity index is 819. The van der Waals surface area contributed by atoms with Gasteiger partial charge in [-0.3, -0.25) is 4.79 Å². The summed E-state index contributed by atoms with van der Waals surface area (Å²) in [5.41, 5.74) is 2.64. The van der Waals surface area contributed by atoms with E-state index in [-0.39, 0.29) is 5.91 Å². The summed E-state index contributed by atoms with van der Waals surface area (Å²) in [7, 11) is 4.66. The van der Waals surface area contributed by atoms with Gasteiger partial charge >= 0.3 is 0 Å². The fraction of sp³-hybridized carbons (Fsp3) is 0.348. The number of hydrogen-bond acceptors (Lipinski definition) is 5. The van der Waals surface area contributed by atoms with Crippen LogP contribution in [0, 0.1) is 0 Å². The summed E-state index contributed by atoms with van der Waals surface area (Å²) in [6, 6.07) is 11.8. The van der Waals surface area contributed by atoms with E-state index in [9.17, 15) is 4.79 Å². The van der Waals surface area contributed by atoms with Gasteiger partial charge in [0.15, 0.2) is 11.5 Å². The van der Waals surface area contributed by atoms with Crippen LogP contribution in [0.5, 0.6) is 17.2 Å². The van der Waals surface area contributed by atoms with Crippen molar-refractivity contribution in [2.45, 2.75) is 26.8 Å². The van der Waals surface area contributed by atoms with Gasteiger partial charge in [-0.15, -0.1) is 0 Å². The Balaban J connectivity index is 2.10. The fourth-order valence-corrected chi connectivity index (χ4v) is 3.14. The molecular weight excluding hydrogens is 368 g/mol. The number of anilines is 2. The van der Waals surface area contributed by atoms with E-state index in [0.717, 1.165) is 23.5 Å². The molecule has 0 saturated carbocycles. The average molecular weight is 399 g/mol. The molecule has 2 aromatic rings. The highest BCUT2D eigenvalue weighted by Gasteiger charge is 2.12. The van der Waals surface area contributed by atoms with Crippen LogP contribution in [0.3, 0.4) is 0 Å². The summed E-state index contributed by atoms with van der Waals surface area (Å²) in [5.74, 6) is 1.36. The lowest BCUT2D eigenvalue weighted by molar-refractivity contribution is -0.111. The van der Waals surface area contributed by atoms with E-state index < -0.39 is 0 Å². The second-order valence-electron chi connectivity index (χ2n) is 6.71. The number of carbonyl (C=O) groups excluding carboxylic acids is 1. The number of hydrogen-bond donors (Lipinski definition) is 1. The number of carbonyl (C=O) groups is 1. The number of methoxy groups -OCH3 is 3. The molecule has 6 nitrogen and oxygen atoms in total. The summed E-state index contributed by atoms with van der Waals surface area (Å²) in [4.78, 5) is 14.6. The molecule has 2 rings (SSSR count). The lowest BCUT2D eigenvalue weighted by Crippen LogP contribution is -2.30. The van der Waals surface area contributed by atoms with Crippen LogP contribution in [0.4, 0.5) is 11.4 Å². The predicted octanol–water partition coefficient (Wildman–Crippen LogP) is 4.60. The molecule has 0 saturated heterocycles. The van der Waals surface area contributed by atoms with Crippen LogP contribution in [-0.2, 0) is 4.79 Å². The minimum absolute atomic E-state index is 0.220. The van der Waals surface area contributed by atoms with E-state index in [1.807, 2.05) is 24.3 Å². The number of amides is 1. The van der Waals surface area contributed by atoms with Gasteiger partial charge in [0.2, 0.25) is 11.7 Å². The van der Waals surface area contributed by atoms with Gasteiger partial charge in [0.25, 0.3) is 0 Å². The van der Waals surface area contributed by atoms with E-state index in [0.29, 0.717) is 23.3 Å². The summed E-state index contributed by atoms with van der Waals surface area (Å²) >= 11 is 0. The van der Waals surface area contributed by atoms with Crippen molar-refractivity contribution in [3.8, 4) is 17.2 Å². The summed E-state index contributed by atoms with van der Waals surface area (Å²) in [5, 5.41) is 2.87. The van der Waals surface area contributed by atoms with Crippen LogP contribution in [0.25, 0.3) is 6.08 Å². The van der Waals surface area contributed by atoms with Crippen LogP contribution in [-0.4, -0.2) is 39.8 Å². The number of nitrogens with one attached hydrogen (secondary N) is 1. The maximum Gasteiger partial charge on any atom is 0.248 e. The Morgan fingerprint density at radius 3 is 2.07 bits per heavy atom. The van der Waals surface area contributed by atoms with Crippen LogP contribution >= 0.6 is 0 Å². The maximum absolute atomic E-state index is 12.3. The third-order valence-electron chi connectivity index (χ3n) is 4.54. The number of rotatable bonds is 9. The van der Waals surface area contributed by atoms with Gasteiger partial charge in [0.1, 0.15) is 0 Å². The Morgan fingerprint density at radius 2 is 1.62 bits per heavy atom. The SMILES string of the molecule is CCN(c1ccc(NC(=O)C=Cc2cc(OC)c(OC)c(OC)c2)cc1)C(C)C. The third kappa shape index (κ3) is 5.67. The molecule has 0 aliphatic heterocycles. The highest BCUT2D eigenvalue weighted by atomic mass is 16.5. The molecule has 0 aromatic heterocycles. The predicted molar refractivity (Wildman–Crippen MR) is 118 cm³/mol. The third-order valence-corrected chi connectivity index (χ3v) is 4.54. The smallest absolute Gasteiger partial charge is 0.248 e. The minimum Gasteiger partial charge on any atom is -0.493 e. The van der Waals surface area contributed by atoms with Crippen molar-refractivity contribution in [3.05, 3.63) is 48.0 Å². The minimum atomic E-state index is -0.220. The summed E-state index contributed by atoms with van der Waals surface area (Å²) in [6.07, 6.45) is 3.17. The second kappa shape index (κ2) is 10.4. The molecule has 0 radical (unpaired) electrons. The molecule has 0 atom stereocenters. The average Bonchev–Trinajstić information content (AvgIpc) is 2.72. The van der Waals surface area contributed by atoms with Gasteiger partial charge < -0.3 is 24.4 Å². The van der Waals surface area contributed by atoms with Crippen molar-refractivity contribution in [1.82, 2.24) is 0 Å². The number of ether oxygens (including phenoxy) is 3. The van der Waals surface area contributed by atoms with Crippen LogP contribution < -0.4 is 24.4 Å². The molecule has 0 aliphatic rings. The molecule has 1 amide bonds. The lowest BCUT2D eigenvalue weighted by Gasteiger charge is -2.27. The normalized spacial score (nSPS) is 10.9. The Hall–Kier alpha value is -3.15. The molecule has 0 heterocycles. The first-order valence-corrected chi connectivity index (χ1v) is 9.59. The van der Waals surface area contributed by atoms with E-state index in [2.05, 4.69) is 31.0 Å². The molecule has 0 bridgehead atoms. The Labute approximate surface area is 173 Å². The van der Waals surface area contributed by atoms with Crippen LogP contribution in [0.2, 0.25) is 0 Å². The van der Waals surface area contributed by atoms with E-state index >= 15 is 0 Å². The maximum atomic E-state index is 12.3. The van der Waals surface area contributed by atoms with Crippen molar-refractivity contribution in [3.63, 3.8) is 0 Å². The molecule has 1 N–H and O–H groups in total. The molecule has 29 heavy (non-hydrogen) atoms. The van der Waals surface area contributed by atoms with Crippen molar-refractivity contribution < 1.29 is 19.0 Å². The van der Waals surface area contributed by atoms with Gasteiger partial charge in [-0.1, -0.05) is 0 Å². The lowest BCUT2D eigenvalue weighted by atomic mass is 10.1. The summed E-state index contributed by atoms with van der Waals surface area (Å²) < 4.78 is 16.0. The van der Waals surface area contributed by atoms with Crippen molar-refractivity contribution in [2.75, 3.05) is 38.1 Å². The van der Waals surface area contributed by atoms with Gasteiger partial charge in [-0.2, -0.15) is 0 Å². The number of benzene rings is 2. The molecule has 0 fully saturated rings. The second-order valence-corrected chi connectivity index (χ2v) is 6.71. The van der Waals surface area contributed by atoms with E-state index in [1.165, 1.54) is 6.08 Å². The number of nitrogens with zero attached hydrogens (tertiary/aromatic N) is 1. The van der Waals surface area contributed by atoms with Crippen molar-refractivity contribution >= 4 is 23.4 Å². The zero-order valence-corrected chi connectivity index (χ0v) is 18.0. The van der Waals surface area contributed by atoms with Crippen molar-refractivity contribution in [2.24, 2.45) is 0 Å². The van der Waals surface area contributed by atoms with Gasteiger partial charge in [0, 0.05) is 30.0 Å². The molecule has 0 aliphatic carbocycles. The van der Waals surface area contributed by atoms with Gasteiger partial charge in [-0.25, -0.2) is 0 Å². The highest BCUT2D eigenvalue weighted by molar-refractivity contribution is 6.02. The Kier molecular flexibility index (Phi) is 7.95. The van der Waals surface area contributed by atoms with Gasteiger partial charge in [-0.05, 0) is 68.8 Å². The quantitative estimate of drug-likeness (QED) is 0.626. The molecule has 156 valence electrons. The van der Waals surface area contributed by atoms with Gasteiger partial charge in [0.05, 0.1) is 21.3 Å². The zero-order valence-electron chi connectivity index (χ0n) is 18.0. The molecule has 0 spiro atoms. The monoisotopic (exact) mass is 398 g/mol. The fourth-order valence-electron chi connectivity index (χ4n) is 3.14. The first-order valence-electron chi connectivity index (χ1n) is 9.59. The molecular formula is C23H30N2O4. The largest absolute Gasteiger partial charge is 0.493 e. The first-order chi connectivity index (χ1) is 13.9. The molecule has 0 unspecified atom stereocenters. The zero-order chi connectivity index (χ0) is 21.4.